The molecule has 1 heterocycles. The number of amides is 2. The normalized spacial score (nSPS) is 10.3. The zero-order valence-electron chi connectivity index (χ0n) is 12.0. The zero-order valence-corrected chi connectivity index (χ0v) is 12.0. The van der Waals surface area contributed by atoms with Crippen LogP contribution in [0.5, 0.6) is 0 Å². The Hall–Kier alpha value is -1.85. The fourth-order valence-electron chi connectivity index (χ4n) is 1.95. The molecule has 0 aromatic carbocycles. The summed E-state index contributed by atoms with van der Waals surface area (Å²) in [7, 11) is 1.90. The predicted molar refractivity (Wildman–Crippen MR) is 72.7 cm³/mol. The molecule has 6 nitrogen and oxygen atoms in total. The summed E-state index contributed by atoms with van der Waals surface area (Å²) in [5.74, 6) is -0.0936. The van der Waals surface area contributed by atoms with Crippen LogP contribution >= 0.6 is 0 Å². The molecule has 2 amide bonds. The van der Waals surface area contributed by atoms with Crippen molar-refractivity contribution in [2.45, 2.75) is 33.6 Å². The van der Waals surface area contributed by atoms with E-state index in [-0.39, 0.29) is 11.8 Å². The van der Waals surface area contributed by atoms with Gasteiger partial charge in [0.1, 0.15) is 0 Å². The molecule has 0 atom stereocenters. The van der Waals surface area contributed by atoms with Crippen molar-refractivity contribution < 1.29 is 9.59 Å². The van der Waals surface area contributed by atoms with E-state index in [2.05, 4.69) is 15.7 Å². The van der Waals surface area contributed by atoms with Gasteiger partial charge in [-0.1, -0.05) is 0 Å². The van der Waals surface area contributed by atoms with Crippen molar-refractivity contribution in [3.63, 3.8) is 0 Å². The Morgan fingerprint density at radius 2 is 1.84 bits per heavy atom. The second-order valence-corrected chi connectivity index (χ2v) is 4.61. The van der Waals surface area contributed by atoms with Gasteiger partial charge >= 0.3 is 0 Å². The van der Waals surface area contributed by atoms with E-state index in [1.807, 2.05) is 25.6 Å². The largest absolute Gasteiger partial charge is 0.355 e. The average Bonchev–Trinajstić information content (AvgIpc) is 2.57. The zero-order chi connectivity index (χ0) is 14.4. The Labute approximate surface area is 113 Å². The lowest BCUT2D eigenvalue weighted by Gasteiger charge is -2.06. The van der Waals surface area contributed by atoms with E-state index in [1.54, 1.807) is 0 Å². The average molecular weight is 266 g/mol. The van der Waals surface area contributed by atoms with Gasteiger partial charge in [0.05, 0.1) is 5.69 Å². The number of aromatic nitrogens is 2. The van der Waals surface area contributed by atoms with Crippen LogP contribution in [-0.2, 0) is 23.1 Å². The van der Waals surface area contributed by atoms with Crippen LogP contribution in [0.25, 0.3) is 0 Å². The molecule has 19 heavy (non-hydrogen) atoms. The number of rotatable bonds is 6. The highest BCUT2D eigenvalue weighted by molar-refractivity contribution is 5.76. The monoisotopic (exact) mass is 266 g/mol. The molecule has 0 saturated carbocycles. The molecule has 0 saturated heterocycles. The minimum absolute atomic E-state index is 0.00648. The van der Waals surface area contributed by atoms with Crippen LogP contribution in [-0.4, -0.2) is 34.7 Å². The molecule has 0 aliphatic rings. The van der Waals surface area contributed by atoms with Crippen LogP contribution in [0.15, 0.2) is 0 Å². The lowest BCUT2D eigenvalue weighted by molar-refractivity contribution is -0.122. The summed E-state index contributed by atoms with van der Waals surface area (Å²) in [5.41, 5.74) is 3.22. The summed E-state index contributed by atoms with van der Waals surface area (Å²) >= 11 is 0. The van der Waals surface area contributed by atoms with Crippen molar-refractivity contribution >= 4 is 11.8 Å². The van der Waals surface area contributed by atoms with Crippen LogP contribution in [0.4, 0.5) is 0 Å². The Bertz CT molecular complexity index is 465. The molecule has 1 rings (SSSR count). The maximum Gasteiger partial charge on any atom is 0.220 e. The number of aryl methyl sites for hydroxylation is 2. The quantitative estimate of drug-likeness (QED) is 0.723. The summed E-state index contributed by atoms with van der Waals surface area (Å²) in [6.45, 7) is 6.34. The van der Waals surface area contributed by atoms with Crippen molar-refractivity contribution in [3.8, 4) is 0 Å². The predicted octanol–water partition coefficient (Wildman–Crippen LogP) is 0.222. The molecule has 6 heteroatoms. The standard InChI is InChI=1S/C13H22N4O2/c1-9-12(10(2)17(4)16-9)5-6-13(19)15-8-7-14-11(3)18/h5-8H2,1-4H3,(H,14,18)(H,15,19). The number of nitrogens with zero attached hydrogens (tertiary/aromatic N) is 2. The number of carbonyl (C=O) groups excluding carboxylic acids is 2. The highest BCUT2D eigenvalue weighted by atomic mass is 16.2. The number of hydrogen-bond acceptors (Lipinski definition) is 3. The van der Waals surface area contributed by atoms with Gasteiger partial charge in [-0.2, -0.15) is 5.10 Å². The van der Waals surface area contributed by atoms with Crippen molar-refractivity contribution in [2.24, 2.45) is 7.05 Å². The van der Waals surface area contributed by atoms with Crippen molar-refractivity contribution in [2.75, 3.05) is 13.1 Å². The summed E-state index contributed by atoms with van der Waals surface area (Å²) in [5, 5.41) is 9.72. The fourth-order valence-corrected chi connectivity index (χ4v) is 1.95. The molecule has 0 aliphatic heterocycles. The SMILES string of the molecule is CC(=O)NCCNC(=O)CCc1c(C)nn(C)c1C. The van der Waals surface area contributed by atoms with E-state index in [0.717, 1.165) is 17.0 Å². The van der Waals surface area contributed by atoms with E-state index in [0.29, 0.717) is 25.9 Å². The van der Waals surface area contributed by atoms with Crippen molar-refractivity contribution in [3.05, 3.63) is 17.0 Å². The van der Waals surface area contributed by atoms with Crippen LogP contribution in [0.3, 0.4) is 0 Å². The van der Waals surface area contributed by atoms with Crippen LogP contribution in [0, 0.1) is 13.8 Å². The molecular weight excluding hydrogens is 244 g/mol. The van der Waals surface area contributed by atoms with Crippen LogP contribution < -0.4 is 10.6 Å². The molecule has 0 unspecified atom stereocenters. The first-order valence-corrected chi connectivity index (χ1v) is 6.42. The first-order valence-electron chi connectivity index (χ1n) is 6.42. The van der Waals surface area contributed by atoms with Gasteiger partial charge in [-0.25, -0.2) is 0 Å². The fraction of sp³-hybridized carbons (Fsp3) is 0.615. The molecule has 0 bridgehead atoms. The highest BCUT2D eigenvalue weighted by Crippen LogP contribution is 2.13. The van der Waals surface area contributed by atoms with Gasteiger partial charge in [-0.3, -0.25) is 14.3 Å². The van der Waals surface area contributed by atoms with Gasteiger partial charge in [0.15, 0.2) is 0 Å². The molecular formula is C13H22N4O2. The first kappa shape index (κ1) is 15.2. The van der Waals surface area contributed by atoms with Crippen LogP contribution in [0.1, 0.15) is 30.3 Å². The third kappa shape index (κ3) is 4.73. The lowest BCUT2D eigenvalue weighted by atomic mass is 10.1. The Balaban J connectivity index is 2.32. The summed E-state index contributed by atoms with van der Waals surface area (Å²) in [6.07, 6.45) is 1.13. The smallest absolute Gasteiger partial charge is 0.220 e. The minimum Gasteiger partial charge on any atom is -0.355 e. The molecule has 106 valence electrons. The number of hydrogen-bond donors (Lipinski definition) is 2. The third-order valence-corrected chi connectivity index (χ3v) is 3.08. The molecule has 0 aliphatic carbocycles. The van der Waals surface area contributed by atoms with Gasteiger partial charge in [0.2, 0.25) is 11.8 Å². The summed E-state index contributed by atoms with van der Waals surface area (Å²) in [6, 6.07) is 0. The number of carbonyl (C=O) groups is 2. The summed E-state index contributed by atoms with van der Waals surface area (Å²) < 4.78 is 1.83. The van der Waals surface area contributed by atoms with E-state index < -0.39 is 0 Å². The molecule has 2 N–H and O–H groups in total. The van der Waals surface area contributed by atoms with E-state index in [9.17, 15) is 9.59 Å². The van der Waals surface area contributed by atoms with Gasteiger partial charge in [0.25, 0.3) is 0 Å². The van der Waals surface area contributed by atoms with E-state index >= 15 is 0 Å². The molecule has 1 aromatic rings. The van der Waals surface area contributed by atoms with Gasteiger partial charge in [-0.15, -0.1) is 0 Å². The Kier molecular flexibility index (Phi) is 5.54. The lowest BCUT2D eigenvalue weighted by Crippen LogP contribution is -2.33. The Morgan fingerprint density at radius 1 is 1.21 bits per heavy atom. The topological polar surface area (TPSA) is 76.0 Å². The van der Waals surface area contributed by atoms with Crippen LogP contribution in [0.2, 0.25) is 0 Å². The van der Waals surface area contributed by atoms with E-state index in [4.69, 9.17) is 0 Å². The second kappa shape index (κ2) is 6.92. The molecule has 0 fully saturated rings. The van der Waals surface area contributed by atoms with E-state index in [1.165, 1.54) is 6.92 Å². The van der Waals surface area contributed by atoms with Gasteiger partial charge in [-0.05, 0) is 25.8 Å². The Morgan fingerprint density at radius 3 is 2.37 bits per heavy atom. The molecule has 0 radical (unpaired) electrons. The first-order chi connectivity index (χ1) is 8.91. The van der Waals surface area contributed by atoms with Gasteiger partial charge < -0.3 is 10.6 Å². The molecule has 1 aromatic heterocycles. The summed E-state index contributed by atoms with van der Waals surface area (Å²) in [4.78, 5) is 22.3. The van der Waals surface area contributed by atoms with Crippen molar-refractivity contribution in [1.29, 1.82) is 0 Å². The number of nitrogens with one attached hydrogen (secondary N) is 2. The van der Waals surface area contributed by atoms with Crippen molar-refractivity contribution in [1.82, 2.24) is 20.4 Å². The highest BCUT2D eigenvalue weighted by Gasteiger charge is 2.10. The maximum atomic E-state index is 11.6. The maximum absolute atomic E-state index is 11.6. The second-order valence-electron chi connectivity index (χ2n) is 4.61. The molecule has 0 spiro atoms. The minimum atomic E-state index is -0.0872. The van der Waals surface area contributed by atoms with Gasteiger partial charge in [0, 0.05) is 39.2 Å². The third-order valence-electron chi connectivity index (χ3n) is 3.08.